The molecule has 2 rings (SSSR count). The predicted octanol–water partition coefficient (Wildman–Crippen LogP) is 5.45. The summed E-state index contributed by atoms with van der Waals surface area (Å²) in [5, 5.41) is 2.27. The molecule has 0 spiro atoms. The molecule has 0 heterocycles. The van der Waals surface area contributed by atoms with Crippen molar-refractivity contribution < 1.29 is 27.5 Å². The van der Waals surface area contributed by atoms with Gasteiger partial charge < -0.3 is 10.1 Å². The van der Waals surface area contributed by atoms with Crippen molar-refractivity contribution in [3.8, 4) is 0 Å². The van der Waals surface area contributed by atoms with E-state index in [1.807, 2.05) is 0 Å². The number of rotatable bonds is 4. The van der Waals surface area contributed by atoms with Crippen molar-refractivity contribution in [3.63, 3.8) is 0 Å². The average Bonchev–Trinajstić information content (AvgIpc) is 2.59. The topological polar surface area (TPSA) is 55.4 Å². The quantitative estimate of drug-likeness (QED) is 0.531. The summed E-state index contributed by atoms with van der Waals surface area (Å²) >= 11 is 11.4. The summed E-state index contributed by atoms with van der Waals surface area (Å²) in [7, 11) is 1.18. The summed E-state index contributed by atoms with van der Waals surface area (Å²) in [6.45, 7) is 0. The number of hydrogen-bond acceptors (Lipinski definition) is 3. The molecule has 2 aromatic carbocycles. The van der Waals surface area contributed by atoms with Crippen LogP contribution in [0.2, 0.25) is 10.0 Å². The van der Waals surface area contributed by atoms with Gasteiger partial charge in [0.2, 0.25) is 5.91 Å². The molecule has 0 saturated heterocycles. The van der Waals surface area contributed by atoms with Crippen LogP contribution in [0.4, 0.5) is 18.9 Å². The Hall–Kier alpha value is -2.51. The summed E-state index contributed by atoms with van der Waals surface area (Å²) in [5.74, 6) is -1.36. The van der Waals surface area contributed by atoms with E-state index in [-0.39, 0.29) is 21.8 Å². The molecule has 1 N–H and O–H groups in total. The first-order valence-electron chi connectivity index (χ1n) is 7.35. The monoisotopic (exact) mass is 417 g/mol. The number of ether oxygens (including phenoxy) is 1. The third kappa shape index (κ3) is 5.48. The van der Waals surface area contributed by atoms with Crippen molar-refractivity contribution >= 4 is 46.8 Å². The maximum Gasteiger partial charge on any atom is 0.417 e. The minimum Gasteiger partial charge on any atom is -0.465 e. The number of anilines is 1. The Morgan fingerprint density at radius 1 is 1.11 bits per heavy atom. The lowest BCUT2D eigenvalue weighted by molar-refractivity contribution is -0.137. The number of esters is 1. The molecule has 0 unspecified atom stereocenters. The van der Waals surface area contributed by atoms with Crippen molar-refractivity contribution in [2.45, 2.75) is 6.18 Å². The molecule has 0 saturated carbocycles. The lowest BCUT2D eigenvalue weighted by Crippen LogP contribution is -2.13. The van der Waals surface area contributed by atoms with E-state index < -0.39 is 28.6 Å². The second-order valence-electron chi connectivity index (χ2n) is 5.24. The minimum atomic E-state index is -4.61. The van der Waals surface area contributed by atoms with Gasteiger partial charge in [0.15, 0.2) is 0 Å². The highest BCUT2D eigenvalue weighted by Gasteiger charge is 2.33. The maximum absolute atomic E-state index is 12.9. The van der Waals surface area contributed by atoms with Gasteiger partial charge in [0.1, 0.15) is 0 Å². The van der Waals surface area contributed by atoms with Gasteiger partial charge >= 0.3 is 12.1 Å². The van der Waals surface area contributed by atoms with Crippen LogP contribution < -0.4 is 5.32 Å². The van der Waals surface area contributed by atoms with E-state index in [1.165, 1.54) is 37.5 Å². The molecule has 0 aliphatic rings. The average molecular weight is 418 g/mol. The molecule has 4 nitrogen and oxygen atoms in total. The second-order valence-corrected chi connectivity index (χ2v) is 6.08. The van der Waals surface area contributed by atoms with Gasteiger partial charge in [-0.05, 0) is 42.0 Å². The summed E-state index contributed by atoms with van der Waals surface area (Å²) in [5.41, 5.74) is -0.693. The summed E-state index contributed by atoms with van der Waals surface area (Å²) < 4.78 is 43.2. The Morgan fingerprint density at radius 2 is 1.81 bits per heavy atom. The molecule has 0 aliphatic heterocycles. The molecule has 27 heavy (non-hydrogen) atoms. The maximum atomic E-state index is 12.9. The highest BCUT2D eigenvalue weighted by atomic mass is 35.5. The van der Waals surface area contributed by atoms with Crippen LogP contribution in [0.5, 0.6) is 0 Å². The SMILES string of the molecule is COC(=O)c1ccc(Cl)cc1NC(=O)/C=C/c1ccc(Cl)c(C(F)(F)F)c1. The van der Waals surface area contributed by atoms with Gasteiger partial charge in [-0.25, -0.2) is 4.79 Å². The number of methoxy groups -OCH3 is 1. The number of hydrogen-bond donors (Lipinski definition) is 1. The Morgan fingerprint density at radius 3 is 2.44 bits per heavy atom. The largest absolute Gasteiger partial charge is 0.465 e. The van der Waals surface area contributed by atoms with Crippen molar-refractivity contribution in [3.05, 3.63) is 69.2 Å². The molecule has 0 fully saturated rings. The Labute approximate surface area is 162 Å². The smallest absolute Gasteiger partial charge is 0.417 e. The van der Waals surface area contributed by atoms with E-state index in [2.05, 4.69) is 10.1 Å². The van der Waals surface area contributed by atoms with Crippen LogP contribution in [0.15, 0.2) is 42.5 Å². The van der Waals surface area contributed by atoms with Crippen LogP contribution in [0.25, 0.3) is 6.08 Å². The molecular weight excluding hydrogens is 406 g/mol. The van der Waals surface area contributed by atoms with Crippen molar-refractivity contribution in [2.75, 3.05) is 12.4 Å². The van der Waals surface area contributed by atoms with E-state index in [4.69, 9.17) is 23.2 Å². The summed E-state index contributed by atoms with van der Waals surface area (Å²) in [6, 6.07) is 7.43. The van der Waals surface area contributed by atoms with Crippen LogP contribution in [-0.4, -0.2) is 19.0 Å². The standard InChI is InChI=1S/C18H12Cl2F3NO3/c1-27-17(26)12-5-4-11(19)9-15(12)24-16(25)7-3-10-2-6-14(20)13(8-10)18(21,22)23/h2-9H,1H3,(H,24,25)/b7-3+. The van der Waals surface area contributed by atoms with E-state index in [0.29, 0.717) is 0 Å². The molecule has 0 radical (unpaired) electrons. The van der Waals surface area contributed by atoms with Crippen LogP contribution in [-0.2, 0) is 15.7 Å². The molecule has 0 aliphatic carbocycles. The Kier molecular flexibility index (Phi) is 6.51. The first kappa shape index (κ1) is 20.8. The molecule has 9 heteroatoms. The van der Waals surface area contributed by atoms with Crippen LogP contribution in [0.3, 0.4) is 0 Å². The predicted molar refractivity (Wildman–Crippen MR) is 96.9 cm³/mol. The third-order valence-corrected chi connectivity index (χ3v) is 3.93. The zero-order valence-corrected chi connectivity index (χ0v) is 15.2. The van der Waals surface area contributed by atoms with E-state index in [1.54, 1.807) is 0 Å². The van der Waals surface area contributed by atoms with Gasteiger partial charge in [-0.3, -0.25) is 4.79 Å². The normalized spacial score (nSPS) is 11.5. The highest BCUT2D eigenvalue weighted by molar-refractivity contribution is 6.31. The number of alkyl halides is 3. The zero-order valence-electron chi connectivity index (χ0n) is 13.7. The lowest BCUT2D eigenvalue weighted by Gasteiger charge is -2.10. The Balaban J connectivity index is 2.22. The molecule has 2 aromatic rings. The molecule has 0 atom stereocenters. The van der Waals surface area contributed by atoms with Gasteiger partial charge in [0.05, 0.1) is 28.9 Å². The second kappa shape index (κ2) is 8.45. The van der Waals surface area contributed by atoms with Crippen LogP contribution >= 0.6 is 23.2 Å². The molecular formula is C18H12Cl2F3NO3. The first-order chi connectivity index (χ1) is 12.6. The van der Waals surface area contributed by atoms with Gasteiger partial charge in [-0.2, -0.15) is 13.2 Å². The first-order valence-corrected chi connectivity index (χ1v) is 8.11. The molecule has 142 valence electrons. The number of carbonyl (C=O) groups excluding carboxylic acids is 2. The van der Waals surface area contributed by atoms with Crippen LogP contribution in [0, 0.1) is 0 Å². The van der Waals surface area contributed by atoms with Crippen molar-refractivity contribution in [1.29, 1.82) is 0 Å². The highest BCUT2D eigenvalue weighted by Crippen LogP contribution is 2.35. The third-order valence-electron chi connectivity index (χ3n) is 3.37. The fourth-order valence-electron chi connectivity index (χ4n) is 2.12. The number of amides is 1. The Bertz CT molecular complexity index is 911. The van der Waals surface area contributed by atoms with Crippen molar-refractivity contribution in [1.82, 2.24) is 0 Å². The number of halogens is 5. The van der Waals surface area contributed by atoms with Gasteiger partial charge in [0, 0.05) is 11.1 Å². The van der Waals surface area contributed by atoms with Gasteiger partial charge in [-0.1, -0.05) is 29.3 Å². The molecule has 1 amide bonds. The summed E-state index contributed by atoms with van der Waals surface area (Å²) in [6.07, 6.45) is -2.41. The van der Waals surface area contributed by atoms with E-state index in [9.17, 15) is 22.8 Å². The molecule has 0 aromatic heterocycles. The molecule has 0 bridgehead atoms. The van der Waals surface area contributed by atoms with Crippen LogP contribution in [0.1, 0.15) is 21.5 Å². The van der Waals surface area contributed by atoms with Gasteiger partial charge in [0.25, 0.3) is 0 Å². The zero-order chi connectivity index (χ0) is 20.2. The van der Waals surface area contributed by atoms with E-state index >= 15 is 0 Å². The fourth-order valence-corrected chi connectivity index (χ4v) is 2.51. The number of carbonyl (C=O) groups is 2. The summed E-state index contributed by atoms with van der Waals surface area (Å²) in [4.78, 5) is 23.8. The van der Waals surface area contributed by atoms with E-state index in [0.717, 1.165) is 18.2 Å². The lowest BCUT2D eigenvalue weighted by atomic mass is 10.1. The number of nitrogens with one attached hydrogen (secondary N) is 1. The fraction of sp³-hybridized carbons (Fsp3) is 0.111. The van der Waals surface area contributed by atoms with Crippen molar-refractivity contribution in [2.24, 2.45) is 0 Å². The number of benzene rings is 2. The van der Waals surface area contributed by atoms with Gasteiger partial charge in [-0.15, -0.1) is 0 Å². The minimum absolute atomic E-state index is 0.0782.